The zero-order chi connectivity index (χ0) is 16.5. The number of hydrogen-bond donors (Lipinski definition) is 1. The second-order valence-electron chi connectivity index (χ2n) is 6.47. The fourth-order valence-corrected chi connectivity index (χ4v) is 3.45. The Morgan fingerprint density at radius 1 is 1.00 bits per heavy atom. The van der Waals surface area contributed by atoms with E-state index in [-0.39, 0.29) is 0 Å². The molecule has 2 aromatic carbocycles. The second kappa shape index (κ2) is 6.16. The van der Waals surface area contributed by atoms with Crippen molar-refractivity contribution in [2.24, 2.45) is 0 Å². The van der Waals surface area contributed by atoms with E-state index in [4.69, 9.17) is 5.10 Å². The number of aromatic hydroxyl groups is 1. The van der Waals surface area contributed by atoms with Gasteiger partial charge in [-0.25, -0.2) is 0 Å². The highest BCUT2D eigenvalue weighted by Crippen LogP contribution is 2.40. The number of benzene rings is 2. The highest BCUT2D eigenvalue weighted by Gasteiger charge is 2.27. The summed E-state index contributed by atoms with van der Waals surface area (Å²) in [5.41, 5.74) is 5.90. The smallest absolute Gasteiger partial charge is 0.115 e. The van der Waals surface area contributed by atoms with Crippen LogP contribution >= 0.6 is 0 Å². The van der Waals surface area contributed by atoms with Crippen molar-refractivity contribution in [1.82, 2.24) is 9.78 Å². The van der Waals surface area contributed by atoms with E-state index in [0.29, 0.717) is 11.8 Å². The van der Waals surface area contributed by atoms with Gasteiger partial charge in [0.1, 0.15) is 5.75 Å². The Labute approximate surface area is 142 Å². The van der Waals surface area contributed by atoms with Crippen LogP contribution in [0.1, 0.15) is 37.8 Å². The largest absolute Gasteiger partial charge is 0.508 e. The van der Waals surface area contributed by atoms with E-state index < -0.39 is 0 Å². The van der Waals surface area contributed by atoms with Gasteiger partial charge in [0.2, 0.25) is 0 Å². The molecule has 0 amide bonds. The topological polar surface area (TPSA) is 38.0 Å². The minimum atomic E-state index is 0.301. The lowest BCUT2D eigenvalue weighted by Gasteiger charge is -2.28. The molecule has 1 aliphatic rings. The van der Waals surface area contributed by atoms with Gasteiger partial charge in [-0.2, -0.15) is 5.10 Å². The van der Waals surface area contributed by atoms with Crippen molar-refractivity contribution in [3.8, 4) is 28.3 Å². The summed E-state index contributed by atoms with van der Waals surface area (Å²) in [5, 5.41) is 14.7. The molecule has 0 bridgehead atoms. The van der Waals surface area contributed by atoms with Gasteiger partial charge < -0.3 is 5.11 Å². The van der Waals surface area contributed by atoms with Gasteiger partial charge in [0.15, 0.2) is 0 Å². The second-order valence-corrected chi connectivity index (χ2v) is 6.47. The first-order valence-electron chi connectivity index (χ1n) is 8.74. The normalized spacial score (nSPS) is 14.5. The standard InChI is InChI=1S/C21H22N2O/c1-2-19-20(15-7-4-3-5-8-15)22-23(17-9-6-10-17)21(19)16-11-13-18(24)14-12-16/h3-5,7-8,11-14,17,24H,2,6,9-10H2,1H3. The van der Waals surface area contributed by atoms with Crippen LogP contribution in [0.15, 0.2) is 54.6 Å². The summed E-state index contributed by atoms with van der Waals surface area (Å²) in [5.74, 6) is 0.301. The molecule has 3 nitrogen and oxygen atoms in total. The zero-order valence-corrected chi connectivity index (χ0v) is 13.9. The van der Waals surface area contributed by atoms with E-state index in [9.17, 15) is 5.11 Å². The van der Waals surface area contributed by atoms with E-state index in [1.165, 1.54) is 36.1 Å². The first-order chi connectivity index (χ1) is 11.8. The monoisotopic (exact) mass is 318 g/mol. The third kappa shape index (κ3) is 2.50. The fourth-order valence-electron chi connectivity index (χ4n) is 3.45. The number of rotatable bonds is 4. The summed E-state index contributed by atoms with van der Waals surface area (Å²) >= 11 is 0. The highest BCUT2D eigenvalue weighted by atomic mass is 16.3. The lowest BCUT2D eigenvalue weighted by atomic mass is 9.92. The van der Waals surface area contributed by atoms with Crippen LogP contribution in [-0.4, -0.2) is 14.9 Å². The molecule has 122 valence electrons. The van der Waals surface area contributed by atoms with Gasteiger partial charge in [0, 0.05) is 16.7 Å². The van der Waals surface area contributed by atoms with Crippen molar-refractivity contribution < 1.29 is 5.11 Å². The molecular weight excluding hydrogens is 296 g/mol. The molecule has 1 saturated carbocycles. The lowest BCUT2D eigenvalue weighted by molar-refractivity contribution is 0.292. The van der Waals surface area contributed by atoms with Crippen LogP contribution in [0.3, 0.4) is 0 Å². The third-order valence-corrected chi connectivity index (χ3v) is 4.97. The summed E-state index contributed by atoms with van der Waals surface area (Å²) in [7, 11) is 0. The van der Waals surface area contributed by atoms with Crippen LogP contribution in [0.25, 0.3) is 22.5 Å². The van der Waals surface area contributed by atoms with Crippen LogP contribution in [0.4, 0.5) is 0 Å². The predicted molar refractivity (Wildman–Crippen MR) is 97.0 cm³/mol. The van der Waals surface area contributed by atoms with Crippen LogP contribution in [0.2, 0.25) is 0 Å². The maximum atomic E-state index is 9.63. The number of phenols is 1. The first kappa shape index (κ1) is 15.0. The number of phenolic OH excluding ortho intramolecular Hbond substituents is 1. The van der Waals surface area contributed by atoms with Crippen molar-refractivity contribution in [2.45, 2.75) is 38.6 Å². The number of hydrogen-bond acceptors (Lipinski definition) is 2. The quantitative estimate of drug-likeness (QED) is 0.717. The summed E-state index contributed by atoms with van der Waals surface area (Å²) < 4.78 is 2.23. The van der Waals surface area contributed by atoms with Gasteiger partial charge in [-0.3, -0.25) is 4.68 Å². The van der Waals surface area contributed by atoms with Crippen molar-refractivity contribution in [1.29, 1.82) is 0 Å². The molecule has 3 heteroatoms. The molecule has 1 N–H and O–H groups in total. The predicted octanol–water partition coefficient (Wildman–Crippen LogP) is 5.21. The van der Waals surface area contributed by atoms with E-state index in [1.807, 2.05) is 18.2 Å². The molecule has 1 aliphatic carbocycles. The molecule has 0 saturated heterocycles. The van der Waals surface area contributed by atoms with Gasteiger partial charge in [0.05, 0.1) is 17.4 Å². The Balaban J connectivity index is 1.92. The van der Waals surface area contributed by atoms with Gasteiger partial charge in [-0.1, -0.05) is 37.3 Å². The number of aromatic nitrogens is 2. The van der Waals surface area contributed by atoms with E-state index in [0.717, 1.165) is 17.7 Å². The molecule has 0 spiro atoms. The van der Waals surface area contributed by atoms with Crippen LogP contribution in [-0.2, 0) is 6.42 Å². The number of nitrogens with zero attached hydrogens (tertiary/aromatic N) is 2. The first-order valence-corrected chi connectivity index (χ1v) is 8.74. The van der Waals surface area contributed by atoms with Crippen molar-refractivity contribution >= 4 is 0 Å². The maximum absolute atomic E-state index is 9.63. The van der Waals surface area contributed by atoms with Gasteiger partial charge in [0.25, 0.3) is 0 Å². The Morgan fingerprint density at radius 3 is 2.29 bits per heavy atom. The average Bonchev–Trinajstić information content (AvgIpc) is 2.94. The molecule has 0 aliphatic heterocycles. The van der Waals surface area contributed by atoms with E-state index in [2.05, 4.69) is 35.9 Å². The minimum absolute atomic E-state index is 0.301. The fraction of sp³-hybridized carbons (Fsp3) is 0.286. The average molecular weight is 318 g/mol. The summed E-state index contributed by atoms with van der Waals surface area (Å²) in [6.07, 6.45) is 4.61. The van der Waals surface area contributed by atoms with Gasteiger partial charge in [-0.15, -0.1) is 0 Å². The molecule has 0 atom stereocenters. The molecule has 0 unspecified atom stereocenters. The zero-order valence-electron chi connectivity index (χ0n) is 13.9. The Kier molecular flexibility index (Phi) is 3.85. The third-order valence-electron chi connectivity index (χ3n) is 4.97. The van der Waals surface area contributed by atoms with E-state index in [1.54, 1.807) is 12.1 Å². The van der Waals surface area contributed by atoms with Crippen molar-refractivity contribution in [3.05, 3.63) is 60.2 Å². The Bertz CT molecular complexity index is 830. The van der Waals surface area contributed by atoms with Gasteiger partial charge >= 0.3 is 0 Å². The summed E-state index contributed by atoms with van der Waals surface area (Å²) in [4.78, 5) is 0. The summed E-state index contributed by atoms with van der Waals surface area (Å²) in [6, 6.07) is 18.4. The Morgan fingerprint density at radius 2 is 1.71 bits per heavy atom. The van der Waals surface area contributed by atoms with Crippen molar-refractivity contribution in [2.75, 3.05) is 0 Å². The molecular formula is C21H22N2O. The van der Waals surface area contributed by atoms with E-state index >= 15 is 0 Å². The molecule has 24 heavy (non-hydrogen) atoms. The van der Waals surface area contributed by atoms with Crippen molar-refractivity contribution in [3.63, 3.8) is 0 Å². The molecule has 0 radical (unpaired) electrons. The molecule has 1 aromatic heterocycles. The van der Waals surface area contributed by atoms with Crippen LogP contribution in [0, 0.1) is 0 Å². The molecule has 3 aromatic rings. The van der Waals surface area contributed by atoms with Crippen LogP contribution < -0.4 is 0 Å². The summed E-state index contributed by atoms with van der Waals surface area (Å²) in [6.45, 7) is 2.19. The lowest BCUT2D eigenvalue weighted by Crippen LogP contribution is -2.19. The molecule has 1 heterocycles. The SMILES string of the molecule is CCc1c(-c2ccccc2)nn(C2CCC2)c1-c1ccc(O)cc1. The highest BCUT2D eigenvalue weighted by molar-refractivity contribution is 5.75. The Hall–Kier alpha value is -2.55. The molecule has 4 rings (SSSR count). The molecule has 1 fully saturated rings. The van der Waals surface area contributed by atoms with Gasteiger partial charge in [-0.05, 0) is 49.9 Å². The van der Waals surface area contributed by atoms with Crippen LogP contribution in [0.5, 0.6) is 5.75 Å². The minimum Gasteiger partial charge on any atom is -0.508 e. The maximum Gasteiger partial charge on any atom is 0.115 e.